The molecule has 1 nitrogen and oxygen atoms in total. The first-order chi connectivity index (χ1) is 5.90. The smallest absolute Gasteiger partial charge is 0.00106 e. The van der Waals surface area contributed by atoms with E-state index in [1.54, 1.807) is 0 Å². The monoisotopic (exact) mass is 185 g/mol. The van der Waals surface area contributed by atoms with E-state index in [1.165, 1.54) is 12.8 Å². The summed E-state index contributed by atoms with van der Waals surface area (Å²) in [5.41, 5.74) is 0.431. The van der Waals surface area contributed by atoms with Crippen LogP contribution in [0.15, 0.2) is 0 Å². The van der Waals surface area contributed by atoms with Crippen molar-refractivity contribution in [2.45, 2.75) is 60.4 Å². The Hall–Kier alpha value is -0.0400. The molecule has 0 aliphatic rings. The van der Waals surface area contributed by atoms with Crippen LogP contribution in [0.1, 0.15) is 54.4 Å². The van der Waals surface area contributed by atoms with Gasteiger partial charge < -0.3 is 5.32 Å². The van der Waals surface area contributed by atoms with Crippen LogP contribution < -0.4 is 5.32 Å². The molecule has 0 bridgehead atoms. The lowest BCUT2D eigenvalue weighted by Crippen LogP contribution is -2.37. The Morgan fingerprint density at radius 3 is 2.08 bits per heavy atom. The zero-order valence-electron chi connectivity index (χ0n) is 10.3. The van der Waals surface area contributed by atoms with Gasteiger partial charge >= 0.3 is 0 Å². The molecule has 0 rings (SSSR count). The van der Waals surface area contributed by atoms with Gasteiger partial charge in [-0.3, -0.25) is 0 Å². The van der Waals surface area contributed by atoms with Gasteiger partial charge in [0.05, 0.1) is 0 Å². The van der Waals surface area contributed by atoms with Crippen molar-refractivity contribution in [3.8, 4) is 0 Å². The Bertz CT molecular complexity index is 127. The van der Waals surface area contributed by atoms with Gasteiger partial charge in [-0.15, -0.1) is 0 Å². The van der Waals surface area contributed by atoms with E-state index in [9.17, 15) is 0 Å². The normalized spacial score (nSPS) is 15.0. The molecule has 0 radical (unpaired) electrons. The largest absolute Gasteiger partial charge is 0.314 e. The summed E-state index contributed by atoms with van der Waals surface area (Å²) in [5, 5.41) is 3.53. The highest BCUT2D eigenvalue weighted by molar-refractivity contribution is 4.78. The maximum Gasteiger partial charge on any atom is 0.00106 e. The van der Waals surface area contributed by atoms with Gasteiger partial charge in [-0.1, -0.05) is 54.4 Å². The van der Waals surface area contributed by atoms with Crippen LogP contribution in [0.25, 0.3) is 0 Å². The first-order valence-electron chi connectivity index (χ1n) is 5.63. The van der Waals surface area contributed by atoms with E-state index < -0.39 is 0 Å². The van der Waals surface area contributed by atoms with Crippen LogP contribution in [0.4, 0.5) is 0 Å². The summed E-state index contributed by atoms with van der Waals surface area (Å²) in [6.45, 7) is 14.9. The average Bonchev–Trinajstić information content (AvgIpc) is 2.01. The molecule has 0 aliphatic carbocycles. The third kappa shape index (κ3) is 5.30. The SMILES string of the molecule is CCCC(C)C(C)(C)CNC(C)C. The van der Waals surface area contributed by atoms with Crippen molar-refractivity contribution in [2.24, 2.45) is 11.3 Å². The molecule has 1 atom stereocenters. The lowest BCUT2D eigenvalue weighted by molar-refractivity contribution is 0.203. The van der Waals surface area contributed by atoms with Gasteiger partial charge in [0.25, 0.3) is 0 Å². The molecule has 0 heterocycles. The molecule has 13 heavy (non-hydrogen) atoms. The summed E-state index contributed by atoms with van der Waals surface area (Å²) in [7, 11) is 0. The summed E-state index contributed by atoms with van der Waals surface area (Å²) in [5.74, 6) is 0.809. The van der Waals surface area contributed by atoms with Crippen LogP contribution in [-0.4, -0.2) is 12.6 Å². The molecule has 1 N–H and O–H groups in total. The second kappa shape index (κ2) is 5.64. The maximum absolute atomic E-state index is 3.53. The quantitative estimate of drug-likeness (QED) is 0.668. The van der Waals surface area contributed by atoms with Gasteiger partial charge in [0.2, 0.25) is 0 Å². The standard InChI is InChI=1S/C12H27N/c1-7-8-11(4)12(5,6)9-13-10(2)3/h10-11,13H,7-9H2,1-6H3. The van der Waals surface area contributed by atoms with E-state index in [1.807, 2.05) is 0 Å². The molecule has 0 saturated carbocycles. The number of hydrogen-bond acceptors (Lipinski definition) is 1. The van der Waals surface area contributed by atoms with Crippen molar-refractivity contribution >= 4 is 0 Å². The van der Waals surface area contributed by atoms with Gasteiger partial charge in [0.15, 0.2) is 0 Å². The van der Waals surface area contributed by atoms with E-state index in [0.29, 0.717) is 11.5 Å². The van der Waals surface area contributed by atoms with Crippen molar-refractivity contribution in [2.75, 3.05) is 6.54 Å². The summed E-state index contributed by atoms with van der Waals surface area (Å²) < 4.78 is 0. The van der Waals surface area contributed by atoms with Gasteiger partial charge in [-0.05, 0) is 11.3 Å². The zero-order chi connectivity index (χ0) is 10.5. The van der Waals surface area contributed by atoms with Gasteiger partial charge in [0.1, 0.15) is 0 Å². The molecule has 0 amide bonds. The number of rotatable bonds is 6. The predicted octanol–water partition coefficient (Wildman–Crippen LogP) is 3.45. The second-order valence-electron chi connectivity index (χ2n) is 5.21. The highest BCUT2D eigenvalue weighted by Crippen LogP contribution is 2.29. The third-order valence-electron chi connectivity index (χ3n) is 3.02. The highest BCUT2D eigenvalue weighted by Gasteiger charge is 2.24. The molecular formula is C12H27N. The fourth-order valence-electron chi connectivity index (χ4n) is 1.47. The Kier molecular flexibility index (Phi) is 5.62. The molecule has 0 aromatic carbocycles. The number of hydrogen-bond donors (Lipinski definition) is 1. The fourth-order valence-corrected chi connectivity index (χ4v) is 1.47. The molecule has 0 saturated heterocycles. The Balaban J connectivity index is 3.90. The van der Waals surface area contributed by atoms with Crippen molar-refractivity contribution in [3.05, 3.63) is 0 Å². The molecule has 0 aromatic rings. The molecule has 1 unspecified atom stereocenters. The molecule has 0 spiro atoms. The first kappa shape index (κ1) is 13.0. The Labute approximate surface area is 84.3 Å². The maximum atomic E-state index is 3.53. The van der Waals surface area contributed by atoms with E-state index in [2.05, 4.69) is 46.9 Å². The molecule has 0 aliphatic heterocycles. The second-order valence-corrected chi connectivity index (χ2v) is 5.21. The topological polar surface area (TPSA) is 12.0 Å². The van der Waals surface area contributed by atoms with Crippen LogP contribution in [0, 0.1) is 11.3 Å². The van der Waals surface area contributed by atoms with Crippen molar-refractivity contribution in [3.63, 3.8) is 0 Å². The minimum Gasteiger partial charge on any atom is -0.314 e. The van der Waals surface area contributed by atoms with Crippen molar-refractivity contribution in [1.82, 2.24) is 5.32 Å². The Morgan fingerprint density at radius 2 is 1.69 bits per heavy atom. The minimum atomic E-state index is 0.431. The summed E-state index contributed by atoms with van der Waals surface area (Å²) >= 11 is 0. The molecule has 1 heteroatoms. The van der Waals surface area contributed by atoms with Crippen LogP contribution in [0.3, 0.4) is 0 Å². The molecule has 80 valence electrons. The molecule has 0 fully saturated rings. The summed E-state index contributed by atoms with van der Waals surface area (Å²) in [6, 6.07) is 0.605. The minimum absolute atomic E-state index is 0.431. The third-order valence-corrected chi connectivity index (χ3v) is 3.02. The lowest BCUT2D eigenvalue weighted by atomic mass is 9.77. The summed E-state index contributed by atoms with van der Waals surface area (Å²) in [4.78, 5) is 0. The zero-order valence-corrected chi connectivity index (χ0v) is 10.3. The first-order valence-corrected chi connectivity index (χ1v) is 5.63. The van der Waals surface area contributed by atoms with Crippen molar-refractivity contribution < 1.29 is 0 Å². The van der Waals surface area contributed by atoms with Crippen LogP contribution in [0.5, 0.6) is 0 Å². The van der Waals surface area contributed by atoms with Gasteiger partial charge in [-0.25, -0.2) is 0 Å². The van der Waals surface area contributed by atoms with Crippen molar-refractivity contribution in [1.29, 1.82) is 0 Å². The average molecular weight is 185 g/mol. The van der Waals surface area contributed by atoms with E-state index in [0.717, 1.165) is 12.5 Å². The highest BCUT2D eigenvalue weighted by atomic mass is 14.9. The molecule has 0 aromatic heterocycles. The van der Waals surface area contributed by atoms with Crippen LogP contribution in [0.2, 0.25) is 0 Å². The Morgan fingerprint density at radius 1 is 1.15 bits per heavy atom. The van der Waals surface area contributed by atoms with E-state index in [-0.39, 0.29) is 0 Å². The fraction of sp³-hybridized carbons (Fsp3) is 1.00. The van der Waals surface area contributed by atoms with E-state index >= 15 is 0 Å². The predicted molar refractivity (Wildman–Crippen MR) is 61.0 cm³/mol. The number of nitrogens with one attached hydrogen (secondary N) is 1. The van der Waals surface area contributed by atoms with Gasteiger partial charge in [-0.2, -0.15) is 0 Å². The lowest BCUT2D eigenvalue weighted by Gasteiger charge is -2.33. The summed E-state index contributed by atoms with van der Waals surface area (Å²) in [6.07, 6.45) is 2.64. The van der Waals surface area contributed by atoms with E-state index in [4.69, 9.17) is 0 Å². The van der Waals surface area contributed by atoms with Gasteiger partial charge in [0, 0.05) is 12.6 Å². The van der Waals surface area contributed by atoms with Crippen LogP contribution >= 0.6 is 0 Å². The van der Waals surface area contributed by atoms with Crippen LogP contribution in [-0.2, 0) is 0 Å². The molecular weight excluding hydrogens is 158 g/mol.